The quantitative estimate of drug-likeness (QED) is 0.786. The molecule has 0 unspecified atom stereocenters. The minimum atomic E-state index is -0.509. The molecule has 22 heavy (non-hydrogen) atoms. The summed E-state index contributed by atoms with van der Waals surface area (Å²) in [5.74, 6) is 0.130. The molecule has 3 nitrogen and oxygen atoms in total. The fourth-order valence-corrected chi connectivity index (χ4v) is 3.45. The predicted octanol–water partition coefficient (Wildman–Crippen LogP) is 4.12. The topological polar surface area (TPSA) is 43.4 Å². The number of carbonyl (C=O) groups excluding carboxylic acids is 2. The lowest BCUT2D eigenvalue weighted by atomic mass is 9.80. The summed E-state index contributed by atoms with van der Waals surface area (Å²) in [4.78, 5) is 24.6. The zero-order valence-corrected chi connectivity index (χ0v) is 14.0. The normalized spacial score (nSPS) is 25.3. The van der Waals surface area contributed by atoms with E-state index >= 15 is 0 Å². The first-order valence-corrected chi connectivity index (χ1v) is 8.11. The Bertz CT molecular complexity index is 527. The Kier molecular flexibility index (Phi) is 5.05. The average Bonchev–Trinajstić information content (AvgIpc) is 2.74. The molecule has 1 aromatic rings. The van der Waals surface area contributed by atoms with Crippen LogP contribution in [0.2, 0.25) is 0 Å². The van der Waals surface area contributed by atoms with Crippen molar-refractivity contribution in [3.63, 3.8) is 0 Å². The van der Waals surface area contributed by atoms with Crippen molar-refractivity contribution >= 4 is 11.8 Å². The van der Waals surface area contributed by atoms with Gasteiger partial charge < -0.3 is 4.74 Å². The Hall–Kier alpha value is -1.64. The van der Waals surface area contributed by atoms with E-state index in [0.29, 0.717) is 12.3 Å². The molecule has 1 aromatic carbocycles. The van der Waals surface area contributed by atoms with Gasteiger partial charge in [-0.05, 0) is 38.2 Å². The molecule has 0 radical (unpaired) electrons. The molecule has 0 amide bonds. The fraction of sp³-hybridized carbons (Fsp3) is 0.579. The highest BCUT2D eigenvalue weighted by atomic mass is 16.6. The summed E-state index contributed by atoms with van der Waals surface area (Å²) in [6.45, 7) is 7.67. The van der Waals surface area contributed by atoms with Crippen molar-refractivity contribution in [1.82, 2.24) is 0 Å². The lowest BCUT2D eigenvalue weighted by Crippen LogP contribution is -2.27. The first-order chi connectivity index (χ1) is 10.3. The maximum atomic E-state index is 12.4. The van der Waals surface area contributed by atoms with E-state index in [2.05, 4.69) is 19.1 Å². The molecule has 0 N–H and O–H groups in total. The Balaban J connectivity index is 2.20. The molecule has 1 aliphatic carbocycles. The van der Waals surface area contributed by atoms with Crippen LogP contribution in [0.3, 0.4) is 0 Å². The van der Waals surface area contributed by atoms with Crippen LogP contribution in [0.5, 0.6) is 0 Å². The molecule has 3 atom stereocenters. The Morgan fingerprint density at radius 2 is 1.86 bits per heavy atom. The van der Waals surface area contributed by atoms with Gasteiger partial charge in [0.2, 0.25) is 0 Å². The summed E-state index contributed by atoms with van der Waals surface area (Å²) in [7, 11) is 0. The fourth-order valence-electron chi connectivity index (χ4n) is 3.45. The van der Waals surface area contributed by atoms with E-state index in [1.807, 2.05) is 39.0 Å². The molecule has 0 bridgehead atoms. The zero-order valence-electron chi connectivity index (χ0n) is 14.0. The van der Waals surface area contributed by atoms with Gasteiger partial charge in [0, 0.05) is 12.3 Å². The number of ether oxygens (including phenoxy) is 1. The SMILES string of the molecule is CC[C@H]1CC(=O)[C@@H](CC(=O)OC(C)(C)C)[C@@H]1c1ccccc1. The van der Waals surface area contributed by atoms with Crippen molar-refractivity contribution < 1.29 is 14.3 Å². The number of carbonyl (C=O) groups is 2. The minimum Gasteiger partial charge on any atom is -0.460 e. The number of esters is 1. The molecular weight excluding hydrogens is 276 g/mol. The van der Waals surface area contributed by atoms with Gasteiger partial charge in [-0.25, -0.2) is 0 Å². The zero-order chi connectivity index (χ0) is 16.3. The molecule has 120 valence electrons. The van der Waals surface area contributed by atoms with Crippen LogP contribution < -0.4 is 0 Å². The molecule has 0 heterocycles. The third-order valence-corrected chi connectivity index (χ3v) is 4.33. The summed E-state index contributed by atoms with van der Waals surface area (Å²) in [6, 6.07) is 10.1. The number of hydrogen-bond donors (Lipinski definition) is 0. The van der Waals surface area contributed by atoms with E-state index in [1.54, 1.807) is 0 Å². The molecule has 1 aliphatic rings. The van der Waals surface area contributed by atoms with Crippen molar-refractivity contribution in [2.24, 2.45) is 11.8 Å². The molecule has 1 saturated carbocycles. The average molecular weight is 302 g/mol. The van der Waals surface area contributed by atoms with E-state index in [1.165, 1.54) is 0 Å². The lowest BCUT2D eigenvalue weighted by molar-refractivity contribution is -0.157. The van der Waals surface area contributed by atoms with Crippen molar-refractivity contribution in [3.8, 4) is 0 Å². The maximum Gasteiger partial charge on any atom is 0.307 e. The maximum absolute atomic E-state index is 12.4. The van der Waals surface area contributed by atoms with Crippen molar-refractivity contribution in [2.45, 2.75) is 58.5 Å². The number of ketones is 1. The summed E-state index contributed by atoms with van der Waals surface area (Å²) in [5.41, 5.74) is 0.652. The molecule has 2 rings (SSSR count). The van der Waals surface area contributed by atoms with Gasteiger partial charge >= 0.3 is 5.97 Å². The van der Waals surface area contributed by atoms with Gasteiger partial charge in [0.15, 0.2) is 0 Å². The van der Waals surface area contributed by atoms with Crippen LogP contribution >= 0.6 is 0 Å². The van der Waals surface area contributed by atoms with Crippen LogP contribution in [0.1, 0.15) is 58.4 Å². The van der Waals surface area contributed by atoms with E-state index in [4.69, 9.17) is 4.74 Å². The summed E-state index contributed by atoms with van der Waals surface area (Å²) in [5, 5.41) is 0. The third kappa shape index (κ3) is 3.96. The summed E-state index contributed by atoms with van der Waals surface area (Å²) < 4.78 is 5.41. The number of Topliss-reactive ketones (excluding diaryl/α,β-unsaturated/α-hetero) is 1. The third-order valence-electron chi connectivity index (χ3n) is 4.33. The number of benzene rings is 1. The van der Waals surface area contributed by atoms with Gasteiger partial charge in [-0.15, -0.1) is 0 Å². The van der Waals surface area contributed by atoms with Crippen molar-refractivity contribution in [1.29, 1.82) is 0 Å². The standard InChI is InChI=1S/C19H26O3/c1-5-13-11-16(20)15(12-17(21)22-19(2,3)4)18(13)14-9-7-6-8-10-14/h6-10,13,15,18H,5,11-12H2,1-4H3/t13-,15+,18-/m0/s1. The Morgan fingerprint density at radius 3 is 2.41 bits per heavy atom. The highest BCUT2D eigenvalue weighted by Crippen LogP contribution is 2.45. The van der Waals surface area contributed by atoms with Crippen LogP contribution in [0, 0.1) is 11.8 Å². The Morgan fingerprint density at radius 1 is 1.23 bits per heavy atom. The Labute approximate surface area is 133 Å². The molecule has 0 aromatic heterocycles. The van der Waals surface area contributed by atoms with Gasteiger partial charge in [-0.3, -0.25) is 9.59 Å². The second-order valence-electron chi connectivity index (χ2n) is 7.17. The molecule has 1 fully saturated rings. The highest BCUT2D eigenvalue weighted by Gasteiger charge is 2.43. The van der Waals surface area contributed by atoms with Crippen LogP contribution in [0.4, 0.5) is 0 Å². The van der Waals surface area contributed by atoms with E-state index in [-0.39, 0.29) is 30.0 Å². The second-order valence-corrected chi connectivity index (χ2v) is 7.17. The van der Waals surface area contributed by atoms with Gasteiger partial charge in [0.1, 0.15) is 11.4 Å². The molecule has 0 saturated heterocycles. The van der Waals surface area contributed by atoms with E-state index in [9.17, 15) is 9.59 Å². The van der Waals surface area contributed by atoms with Crippen molar-refractivity contribution in [2.75, 3.05) is 0 Å². The van der Waals surface area contributed by atoms with Crippen LogP contribution in [-0.4, -0.2) is 17.4 Å². The summed E-state index contributed by atoms with van der Waals surface area (Å²) in [6.07, 6.45) is 1.71. The molecule has 0 spiro atoms. The molecule has 3 heteroatoms. The second kappa shape index (κ2) is 6.64. The predicted molar refractivity (Wildman–Crippen MR) is 86.5 cm³/mol. The van der Waals surface area contributed by atoms with Crippen molar-refractivity contribution in [3.05, 3.63) is 35.9 Å². The van der Waals surface area contributed by atoms with Crippen LogP contribution in [0.25, 0.3) is 0 Å². The first kappa shape index (κ1) is 16.7. The van der Waals surface area contributed by atoms with E-state index < -0.39 is 5.60 Å². The van der Waals surface area contributed by atoms with Crippen LogP contribution in [-0.2, 0) is 14.3 Å². The molecule has 0 aliphatic heterocycles. The highest BCUT2D eigenvalue weighted by molar-refractivity contribution is 5.88. The summed E-state index contributed by atoms with van der Waals surface area (Å²) >= 11 is 0. The molecular formula is C19H26O3. The first-order valence-electron chi connectivity index (χ1n) is 8.11. The van der Waals surface area contributed by atoms with Crippen LogP contribution in [0.15, 0.2) is 30.3 Å². The largest absolute Gasteiger partial charge is 0.460 e. The van der Waals surface area contributed by atoms with Gasteiger partial charge in [0.05, 0.1) is 6.42 Å². The number of hydrogen-bond acceptors (Lipinski definition) is 3. The lowest BCUT2D eigenvalue weighted by Gasteiger charge is -2.25. The minimum absolute atomic E-state index is 0.131. The monoisotopic (exact) mass is 302 g/mol. The smallest absolute Gasteiger partial charge is 0.307 e. The number of rotatable bonds is 4. The van der Waals surface area contributed by atoms with E-state index in [0.717, 1.165) is 12.0 Å². The van der Waals surface area contributed by atoms with Gasteiger partial charge in [0.25, 0.3) is 0 Å². The van der Waals surface area contributed by atoms with Gasteiger partial charge in [-0.2, -0.15) is 0 Å². The van der Waals surface area contributed by atoms with Gasteiger partial charge in [-0.1, -0.05) is 43.7 Å².